The van der Waals surface area contributed by atoms with Gasteiger partial charge in [0, 0.05) is 12.7 Å². The molecule has 0 amide bonds. The van der Waals surface area contributed by atoms with E-state index in [-0.39, 0.29) is 22.4 Å². The van der Waals surface area contributed by atoms with Gasteiger partial charge in [-0.25, -0.2) is 8.42 Å². The van der Waals surface area contributed by atoms with Crippen LogP contribution in [-0.2, 0) is 14.6 Å². The Morgan fingerprint density at radius 2 is 2.25 bits per heavy atom. The standard InChI is InChI=1S/C14H21NO4S/c1-2-18-12-5-6-13(15)14(10-12)20(16,17)9-7-11-4-3-8-19-11/h5-6,10-11H,2-4,7-9,15H2,1H3. The fourth-order valence-corrected chi connectivity index (χ4v) is 3.83. The van der Waals surface area contributed by atoms with Crippen molar-refractivity contribution in [3.05, 3.63) is 18.2 Å². The largest absolute Gasteiger partial charge is 0.494 e. The average molecular weight is 299 g/mol. The molecule has 112 valence electrons. The van der Waals surface area contributed by atoms with Crippen LogP contribution in [0.3, 0.4) is 0 Å². The maximum absolute atomic E-state index is 12.4. The summed E-state index contributed by atoms with van der Waals surface area (Å²) in [6.45, 7) is 3.06. The molecule has 0 spiro atoms. The summed E-state index contributed by atoms with van der Waals surface area (Å²) < 4.78 is 35.5. The van der Waals surface area contributed by atoms with Gasteiger partial charge in [0.1, 0.15) is 5.75 Å². The molecule has 0 aliphatic carbocycles. The number of anilines is 1. The van der Waals surface area contributed by atoms with E-state index in [2.05, 4.69) is 0 Å². The Hall–Kier alpha value is -1.27. The predicted molar refractivity (Wildman–Crippen MR) is 77.7 cm³/mol. The fourth-order valence-electron chi connectivity index (χ4n) is 2.31. The maximum atomic E-state index is 12.4. The minimum Gasteiger partial charge on any atom is -0.494 e. The highest BCUT2D eigenvalue weighted by molar-refractivity contribution is 7.91. The van der Waals surface area contributed by atoms with Crippen LogP contribution in [0.25, 0.3) is 0 Å². The van der Waals surface area contributed by atoms with E-state index in [0.29, 0.717) is 18.8 Å². The molecule has 6 heteroatoms. The van der Waals surface area contributed by atoms with E-state index < -0.39 is 9.84 Å². The van der Waals surface area contributed by atoms with Gasteiger partial charge in [-0.3, -0.25) is 0 Å². The fraction of sp³-hybridized carbons (Fsp3) is 0.571. The highest BCUT2D eigenvalue weighted by Gasteiger charge is 2.23. The first kappa shape index (κ1) is 15.1. The summed E-state index contributed by atoms with van der Waals surface area (Å²) in [5.41, 5.74) is 6.05. The van der Waals surface area contributed by atoms with Gasteiger partial charge in [-0.1, -0.05) is 0 Å². The first-order valence-electron chi connectivity index (χ1n) is 6.89. The maximum Gasteiger partial charge on any atom is 0.180 e. The van der Waals surface area contributed by atoms with E-state index in [4.69, 9.17) is 15.2 Å². The molecule has 20 heavy (non-hydrogen) atoms. The quantitative estimate of drug-likeness (QED) is 0.813. The zero-order valence-electron chi connectivity index (χ0n) is 11.7. The third-order valence-corrected chi connectivity index (χ3v) is 5.16. The predicted octanol–water partition coefficient (Wildman–Crippen LogP) is 2.01. The van der Waals surface area contributed by atoms with Gasteiger partial charge in [-0.05, 0) is 38.3 Å². The van der Waals surface area contributed by atoms with Gasteiger partial charge in [0.25, 0.3) is 0 Å². The lowest BCUT2D eigenvalue weighted by Crippen LogP contribution is -2.15. The highest BCUT2D eigenvalue weighted by Crippen LogP contribution is 2.26. The van der Waals surface area contributed by atoms with E-state index in [9.17, 15) is 8.42 Å². The first-order valence-corrected chi connectivity index (χ1v) is 8.55. The average Bonchev–Trinajstić information content (AvgIpc) is 2.92. The van der Waals surface area contributed by atoms with Crippen molar-refractivity contribution in [2.45, 2.75) is 37.2 Å². The molecule has 1 aromatic rings. The number of sulfone groups is 1. The highest BCUT2D eigenvalue weighted by atomic mass is 32.2. The van der Waals surface area contributed by atoms with Crippen molar-refractivity contribution in [3.8, 4) is 5.75 Å². The molecule has 1 atom stereocenters. The Morgan fingerprint density at radius 1 is 1.45 bits per heavy atom. The molecule has 2 rings (SSSR count). The lowest BCUT2D eigenvalue weighted by atomic mass is 10.2. The monoisotopic (exact) mass is 299 g/mol. The van der Waals surface area contributed by atoms with E-state index in [0.717, 1.165) is 19.4 Å². The number of benzene rings is 1. The smallest absolute Gasteiger partial charge is 0.180 e. The molecule has 1 aromatic carbocycles. The molecule has 1 heterocycles. The molecule has 0 aromatic heterocycles. The van der Waals surface area contributed by atoms with Crippen molar-refractivity contribution in [3.63, 3.8) is 0 Å². The molecule has 1 unspecified atom stereocenters. The molecule has 0 saturated carbocycles. The SMILES string of the molecule is CCOc1ccc(N)c(S(=O)(=O)CCC2CCCO2)c1. The summed E-state index contributed by atoms with van der Waals surface area (Å²) in [5, 5.41) is 0. The van der Waals surface area contributed by atoms with Crippen molar-refractivity contribution in [1.82, 2.24) is 0 Å². The van der Waals surface area contributed by atoms with E-state index >= 15 is 0 Å². The minimum absolute atomic E-state index is 0.0530. The van der Waals surface area contributed by atoms with Crippen LogP contribution in [-0.4, -0.2) is 33.5 Å². The van der Waals surface area contributed by atoms with Gasteiger partial charge < -0.3 is 15.2 Å². The van der Waals surface area contributed by atoms with Crippen molar-refractivity contribution < 1.29 is 17.9 Å². The van der Waals surface area contributed by atoms with Crippen molar-refractivity contribution in [1.29, 1.82) is 0 Å². The Kier molecular flexibility index (Phi) is 4.88. The van der Waals surface area contributed by atoms with Crippen LogP contribution >= 0.6 is 0 Å². The number of nitrogen functional groups attached to an aromatic ring is 1. The van der Waals surface area contributed by atoms with Crippen LogP contribution in [0.15, 0.2) is 23.1 Å². The molecule has 5 nitrogen and oxygen atoms in total. The van der Waals surface area contributed by atoms with Gasteiger partial charge in [0.2, 0.25) is 0 Å². The van der Waals surface area contributed by atoms with Gasteiger partial charge in [-0.2, -0.15) is 0 Å². The summed E-state index contributed by atoms with van der Waals surface area (Å²) in [6, 6.07) is 4.76. The van der Waals surface area contributed by atoms with Crippen LogP contribution in [0.2, 0.25) is 0 Å². The Labute approximate surface area is 120 Å². The Bertz CT molecular complexity index is 550. The summed E-state index contributed by atoms with van der Waals surface area (Å²) in [4.78, 5) is 0.154. The summed E-state index contributed by atoms with van der Waals surface area (Å²) >= 11 is 0. The molecule has 0 radical (unpaired) electrons. The van der Waals surface area contributed by atoms with Gasteiger partial charge in [0.15, 0.2) is 9.84 Å². The Morgan fingerprint density at radius 3 is 2.90 bits per heavy atom. The second-order valence-electron chi connectivity index (χ2n) is 4.88. The van der Waals surface area contributed by atoms with E-state index in [1.165, 1.54) is 6.07 Å². The van der Waals surface area contributed by atoms with Gasteiger partial charge >= 0.3 is 0 Å². The van der Waals surface area contributed by atoms with Crippen LogP contribution in [0, 0.1) is 0 Å². The van der Waals surface area contributed by atoms with Crippen molar-refractivity contribution in [2.24, 2.45) is 0 Å². The molecule has 0 bridgehead atoms. The number of ether oxygens (including phenoxy) is 2. The van der Waals surface area contributed by atoms with Crippen molar-refractivity contribution >= 4 is 15.5 Å². The van der Waals surface area contributed by atoms with Crippen molar-refractivity contribution in [2.75, 3.05) is 24.7 Å². The lowest BCUT2D eigenvalue weighted by molar-refractivity contribution is 0.109. The van der Waals surface area contributed by atoms with E-state index in [1.807, 2.05) is 6.92 Å². The number of hydrogen-bond donors (Lipinski definition) is 1. The topological polar surface area (TPSA) is 78.6 Å². The zero-order valence-corrected chi connectivity index (χ0v) is 12.5. The van der Waals surface area contributed by atoms with Crippen LogP contribution in [0.5, 0.6) is 5.75 Å². The first-order chi connectivity index (χ1) is 9.53. The van der Waals surface area contributed by atoms with Crippen LogP contribution in [0.4, 0.5) is 5.69 Å². The number of hydrogen-bond acceptors (Lipinski definition) is 5. The third kappa shape index (κ3) is 3.64. The Balaban J connectivity index is 2.12. The van der Waals surface area contributed by atoms with Crippen LogP contribution < -0.4 is 10.5 Å². The van der Waals surface area contributed by atoms with Gasteiger partial charge in [0.05, 0.1) is 29.0 Å². The second-order valence-corrected chi connectivity index (χ2v) is 6.95. The van der Waals surface area contributed by atoms with E-state index in [1.54, 1.807) is 12.1 Å². The lowest BCUT2D eigenvalue weighted by Gasteiger charge is -2.12. The molecule has 1 aliphatic rings. The molecule has 2 N–H and O–H groups in total. The molecule has 1 aliphatic heterocycles. The summed E-state index contributed by atoms with van der Waals surface area (Å²) in [7, 11) is -3.40. The second kappa shape index (κ2) is 6.45. The number of rotatable bonds is 6. The summed E-state index contributed by atoms with van der Waals surface area (Å²) in [6.07, 6.45) is 2.51. The minimum atomic E-state index is -3.40. The third-order valence-electron chi connectivity index (χ3n) is 3.36. The molecule has 1 saturated heterocycles. The molecular weight excluding hydrogens is 278 g/mol. The van der Waals surface area contributed by atoms with Crippen LogP contribution in [0.1, 0.15) is 26.2 Å². The zero-order chi connectivity index (χ0) is 14.6. The number of nitrogens with two attached hydrogens (primary N) is 1. The van der Waals surface area contributed by atoms with Gasteiger partial charge in [-0.15, -0.1) is 0 Å². The molecular formula is C14H21NO4S. The normalized spacial score (nSPS) is 19.1. The summed E-state index contributed by atoms with van der Waals surface area (Å²) in [5.74, 6) is 0.578. The molecule has 1 fully saturated rings.